The van der Waals surface area contributed by atoms with Gasteiger partial charge in [0.25, 0.3) is 0 Å². The number of likely N-dealkylation sites (N-methyl/N-ethyl adjacent to an activating group) is 1. The summed E-state index contributed by atoms with van der Waals surface area (Å²) in [4.78, 5) is 13.9. The first-order chi connectivity index (χ1) is 17.3. The first kappa shape index (κ1) is 26.0. The number of piperidine rings is 3. The molecule has 6 nitrogen and oxygen atoms in total. The van der Waals surface area contributed by atoms with Crippen LogP contribution in [0.2, 0.25) is 0 Å². The molecule has 6 heteroatoms. The fraction of sp³-hybridized carbons (Fsp3) is 1.00. The van der Waals surface area contributed by atoms with E-state index in [4.69, 9.17) is 4.74 Å². The van der Waals surface area contributed by atoms with E-state index in [9.17, 15) is 0 Å². The average molecular weight is 502 g/mol. The maximum Gasteiger partial charge on any atom is 0.0651 e. The summed E-state index contributed by atoms with van der Waals surface area (Å²) in [7, 11) is 7.15. The molecule has 5 saturated heterocycles. The molecule has 2 bridgehead atoms. The second kappa shape index (κ2) is 10.1. The molecule has 6 rings (SSSR count). The molecular formula is C30H55N5O. The number of ether oxygens (including phenoxy) is 1. The number of nitrogens with zero attached hydrogens (tertiary/aromatic N) is 5. The molecule has 6 fully saturated rings. The molecule has 5 heterocycles. The Hall–Kier alpha value is -0.240. The zero-order chi connectivity index (χ0) is 25.1. The molecule has 0 amide bonds. The minimum absolute atomic E-state index is 0.360. The molecule has 5 aliphatic heterocycles. The summed E-state index contributed by atoms with van der Waals surface area (Å²) in [5.41, 5.74) is 0.815. The van der Waals surface area contributed by atoms with Crippen molar-refractivity contribution in [2.24, 2.45) is 23.2 Å². The number of morpholine rings is 1. The molecule has 206 valence electrons. The predicted octanol–water partition coefficient (Wildman–Crippen LogP) is 2.93. The number of hydrogen-bond acceptors (Lipinski definition) is 6. The fourth-order valence-corrected chi connectivity index (χ4v) is 9.65. The molecule has 1 saturated carbocycles. The van der Waals surface area contributed by atoms with Crippen LogP contribution in [-0.2, 0) is 4.74 Å². The largest absolute Gasteiger partial charge is 0.378 e. The van der Waals surface area contributed by atoms with Crippen LogP contribution in [0.4, 0.5) is 0 Å². The Bertz CT molecular complexity index is 762. The normalized spacial score (nSPS) is 44.5. The Labute approximate surface area is 221 Å². The van der Waals surface area contributed by atoms with Crippen molar-refractivity contribution in [3.05, 3.63) is 0 Å². The van der Waals surface area contributed by atoms with E-state index in [2.05, 4.69) is 59.5 Å². The SMILES string of the molecule is CC(C)C1CC2(COCCN2CC2CCN(C)C([C@@]34C[C@@H](CN(C)C3)N(C3CCN(C)CC3)C4)C2)C1. The van der Waals surface area contributed by atoms with E-state index >= 15 is 0 Å². The molecule has 0 aromatic heterocycles. The van der Waals surface area contributed by atoms with E-state index in [0.29, 0.717) is 11.0 Å². The summed E-state index contributed by atoms with van der Waals surface area (Å²) in [6, 6.07) is 2.32. The lowest BCUT2D eigenvalue weighted by Crippen LogP contribution is -2.65. The Morgan fingerprint density at radius 2 is 1.64 bits per heavy atom. The zero-order valence-corrected chi connectivity index (χ0v) is 24.1. The van der Waals surface area contributed by atoms with Gasteiger partial charge in [0.2, 0.25) is 0 Å². The van der Waals surface area contributed by atoms with E-state index in [-0.39, 0.29) is 0 Å². The van der Waals surface area contributed by atoms with Crippen molar-refractivity contribution in [1.29, 1.82) is 0 Å². The van der Waals surface area contributed by atoms with Crippen molar-refractivity contribution >= 4 is 0 Å². The molecule has 0 N–H and O–H groups in total. The molecule has 1 spiro atoms. The maximum atomic E-state index is 6.07. The quantitative estimate of drug-likeness (QED) is 0.575. The van der Waals surface area contributed by atoms with E-state index in [1.54, 1.807) is 0 Å². The van der Waals surface area contributed by atoms with Crippen LogP contribution in [0.25, 0.3) is 0 Å². The second-order valence-electron chi connectivity index (χ2n) is 14.6. The van der Waals surface area contributed by atoms with Crippen LogP contribution < -0.4 is 0 Å². The highest BCUT2D eigenvalue weighted by Gasteiger charge is 2.56. The first-order valence-corrected chi connectivity index (χ1v) is 15.4. The molecular weight excluding hydrogens is 446 g/mol. The van der Waals surface area contributed by atoms with Gasteiger partial charge >= 0.3 is 0 Å². The van der Waals surface area contributed by atoms with Gasteiger partial charge in [0, 0.05) is 61.8 Å². The van der Waals surface area contributed by atoms with Gasteiger partial charge < -0.3 is 19.4 Å². The molecule has 1 aliphatic carbocycles. The lowest BCUT2D eigenvalue weighted by Gasteiger charge is -2.59. The number of fused-ring (bicyclic) bond motifs is 2. The summed E-state index contributed by atoms with van der Waals surface area (Å²) >= 11 is 0. The van der Waals surface area contributed by atoms with Crippen molar-refractivity contribution in [2.45, 2.75) is 82.5 Å². The van der Waals surface area contributed by atoms with E-state index in [1.807, 2.05) is 0 Å². The number of rotatable bonds is 5. The standard InChI is InChI=1S/C30H55N5O/c1-23(2)25-15-30(16-25)22-36-13-12-34(30)18-24-6-11-33(5)28(14-24)29-17-27(19-32(4)20-29)35(21-29)26-7-9-31(3)10-8-26/h23-28H,6-22H2,1-5H3/t24?,25?,27-,28?,29-,30?/m0/s1. The van der Waals surface area contributed by atoms with E-state index < -0.39 is 0 Å². The fourth-order valence-electron chi connectivity index (χ4n) is 9.65. The highest BCUT2D eigenvalue weighted by atomic mass is 16.5. The minimum Gasteiger partial charge on any atom is -0.378 e. The van der Waals surface area contributed by atoms with Gasteiger partial charge in [-0.2, -0.15) is 0 Å². The minimum atomic E-state index is 0.360. The third kappa shape index (κ3) is 4.70. The van der Waals surface area contributed by atoms with Crippen LogP contribution in [0.1, 0.15) is 58.8 Å². The van der Waals surface area contributed by atoms with Gasteiger partial charge in [0.05, 0.1) is 13.2 Å². The lowest BCUT2D eigenvalue weighted by atomic mass is 9.62. The highest BCUT2D eigenvalue weighted by Crippen LogP contribution is 2.50. The topological polar surface area (TPSA) is 25.4 Å². The smallest absolute Gasteiger partial charge is 0.0651 e. The van der Waals surface area contributed by atoms with Gasteiger partial charge in [-0.3, -0.25) is 9.80 Å². The summed E-state index contributed by atoms with van der Waals surface area (Å²) in [5.74, 6) is 2.56. The van der Waals surface area contributed by atoms with Gasteiger partial charge in [0.15, 0.2) is 0 Å². The summed E-state index contributed by atoms with van der Waals surface area (Å²) in [6.45, 7) is 17.0. The van der Waals surface area contributed by atoms with Crippen LogP contribution in [0.15, 0.2) is 0 Å². The lowest BCUT2D eigenvalue weighted by molar-refractivity contribution is -0.143. The third-order valence-electron chi connectivity index (χ3n) is 11.8. The van der Waals surface area contributed by atoms with Crippen molar-refractivity contribution in [1.82, 2.24) is 24.5 Å². The van der Waals surface area contributed by atoms with E-state index in [0.717, 1.165) is 55.6 Å². The maximum absolute atomic E-state index is 6.07. The average Bonchev–Trinajstić information content (AvgIpc) is 3.10. The van der Waals surface area contributed by atoms with E-state index in [1.165, 1.54) is 90.8 Å². The molecule has 0 aromatic rings. The monoisotopic (exact) mass is 501 g/mol. The van der Waals surface area contributed by atoms with Crippen LogP contribution in [0, 0.1) is 23.2 Å². The van der Waals surface area contributed by atoms with Crippen molar-refractivity contribution in [3.63, 3.8) is 0 Å². The first-order valence-electron chi connectivity index (χ1n) is 15.4. The number of hydrogen-bond donors (Lipinski definition) is 0. The van der Waals surface area contributed by atoms with Crippen molar-refractivity contribution in [2.75, 3.05) is 86.7 Å². The van der Waals surface area contributed by atoms with Gasteiger partial charge in [-0.15, -0.1) is 0 Å². The van der Waals surface area contributed by atoms with Crippen molar-refractivity contribution < 1.29 is 4.74 Å². The molecule has 0 radical (unpaired) electrons. The van der Waals surface area contributed by atoms with Crippen LogP contribution in [0.3, 0.4) is 0 Å². The van der Waals surface area contributed by atoms with Gasteiger partial charge in [-0.1, -0.05) is 13.8 Å². The van der Waals surface area contributed by atoms with Gasteiger partial charge in [0.1, 0.15) is 0 Å². The van der Waals surface area contributed by atoms with Crippen LogP contribution >= 0.6 is 0 Å². The van der Waals surface area contributed by atoms with Crippen LogP contribution in [-0.4, -0.2) is 135 Å². The summed E-state index contributed by atoms with van der Waals surface area (Å²) in [6.07, 6.45) is 9.68. The Kier molecular flexibility index (Phi) is 7.27. The Morgan fingerprint density at radius 3 is 2.39 bits per heavy atom. The zero-order valence-electron chi connectivity index (χ0n) is 24.1. The molecule has 6 aliphatic rings. The van der Waals surface area contributed by atoms with Gasteiger partial charge in [-0.25, -0.2) is 0 Å². The Balaban J connectivity index is 1.15. The Morgan fingerprint density at radius 1 is 0.861 bits per heavy atom. The molecule has 2 unspecified atom stereocenters. The van der Waals surface area contributed by atoms with Crippen LogP contribution in [0.5, 0.6) is 0 Å². The molecule has 4 atom stereocenters. The second-order valence-corrected chi connectivity index (χ2v) is 14.6. The summed E-state index contributed by atoms with van der Waals surface area (Å²) < 4.78 is 6.07. The highest BCUT2D eigenvalue weighted by molar-refractivity contribution is 5.11. The third-order valence-corrected chi connectivity index (χ3v) is 11.8. The van der Waals surface area contributed by atoms with Crippen molar-refractivity contribution in [3.8, 4) is 0 Å². The molecule has 0 aromatic carbocycles. The van der Waals surface area contributed by atoms with Gasteiger partial charge in [-0.05, 0) is 103 Å². The molecule has 36 heavy (non-hydrogen) atoms. The number of likely N-dealkylation sites (tertiary alicyclic amines) is 4. The predicted molar refractivity (Wildman–Crippen MR) is 147 cm³/mol. The summed E-state index contributed by atoms with van der Waals surface area (Å²) in [5, 5.41) is 0.